The lowest BCUT2D eigenvalue weighted by molar-refractivity contribution is -0.135. The van der Waals surface area contributed by atoms with E-state index < -0.39 is 0 Å². The third kappa shape index (κ3) is 1.67. The highest BCUT2D eigenvalue weighted by atomic mass is 16.2. The Morgan fingerprint density at radius 2 is 2.27 bits per heavy atom. The fourth-order valence-corrected chi connectivity index (χ4v) is 2.51. The van der Waals surface area contributed by atoms with Gasteiger partial charge in [-0.2, -0.15) is 0 Å². The molecule has 1 saturated carbocycles. The first-order valence-electron chi connectivity index (χ1n) is 6.14. The zero-order valence-corrected chi connectivity index (χ0v) is 10.0. The summed E-state index contributed by atoms with van der Waals surface area (Å²) in [5.74, 6) is 1.04. The highest BCUT2D eigenvalue weighted by molar-refractivity contribution is 5.88. The highest BCUT2D eigenvalue weighted by Crippen LogP contribution is 2.34. The lowest BCUT2D eigenvalue weighted by Gasteiger charge is -2.37. The van der Waals surface area contributed by atoms with Crippen molar-refractivity contribution in [1.82, 2.24) is 10.2 Å². The molecule has 1 saturated heterocycles. The quantitative estimate of drug-likeness (QED) is 0.769. The second-order valence-electron chi connectivity index (χ2n) is 5.23. The molecule has 2 aliphatic rings. The fourth-order valence-electron chi connectivity index (χ4n) is 2.51. The van der Waals surface area contributed by atoms with Crippen LogP contribution < -0.4 is 5.32 Å². The molecule has 0 spiro atoms. The molecule has 2 fully saturated rings. The normalized spacial score (nSPS) is 34.3. The Morgan fingerprint density at radius 3 is 2.67 bits per heavy atom. The van der Waals surface area contributed by atoms with E-state index in [9.17, 15) is 4.79 Å². The molecule has 2 atom stereocenters. The summed E-state index contributed by atoms with van der Waals surface area (Å²) in [6.07, 6.45) is 4.82. The molecule has 1 aliphatic heterocycles. The summed E-state index contributed by atoms with van der Waals surface area (Å²) in [6, 6.07) is 0.423. The average Bonchev–Trinajstić information content (AvgIpc) is 2.42. The summed E-state index contributed by atoms with van der Waals surface area (Å²) in [6.45, 7) is 7.02. The number of carbonyl (C=O) groups excluding carboxylic acids is 1. The second kappa shape index (κ2) is 3.78. The van der Waals surface area contributed by atoms with Crippen molar-refractivity contribution >= 4 is 5.91 Å². The van der Waals surface area contributed by atoms with Crippen LogP contribution in [0.3, 0.4) is 0 Å². The number of nitrogens with one attached hydrogen (secondary N) is 1. The Bertz CT molecular complexity index is 262. The van der Waals surface area contributed by atoms with E-state index in [0.717, 1.165) is 19.0 Å². The van der Waals surface area contributed by atoms with Crippen molar-refractivity contribution in [1.29, 1.82) is 0 Å². The van der Waals surface area contributed by atoms with Gasteiger partial charge in [0.05, 0.1) is 12.2 Å². The lowest BCUT2D eigenvalue weighted by atomic mass is 9.79. The van der Waals surface area contributed by atoms with Gasteiger partial charge in [-0.25, -0.2) is 0 Å². The molecule has 2 rings (SSSR count). The van der Waals surface area contributed by atoms with Gasteiger partial charge in [-0.15, -0.1) is 0 Å². The van der Waals surface area contributed by atoms with Crippen LogP contribution in [-0.2, 0) is 4.79 Å². The first kappa shape index (κ1) is 10.9. The van der Waals surface area contributed by atoms with Crippen LogP contribution in [0.15, 0.2) is 0 Å². The maximum atomic E-state index is 12.2. The van der Waals surface area contributed by atoms with E-state index in [1.54, 1.807) is 0 Å². The summed E-state index contributed by atoms with van der Waals surface area (Å²) in [5.41, 5.74) is -0.308. The molecule has 0 aromatic carbocycles. The second-order valence-corrected chi connectivity index (χ2v) is 5.23. The smallest absolute Gasteiger partial charge is 0.243 e. The summed E-state index contributed by atoms with van der Waals surface area (Å²) in [5, 5.41) is 3.34. The molecule has 0 radical (unpaired) electrons. The molecule has 1 aliphatic carbocycles. The molecular formula is C12H22N2O. The van der Waals surface area contributed by atoms with Crippen molar-refractivity contribution in [3.05, 3.63) is 0 Å². The predicted octanol–water partition coefficient (Wildman–Crippen LogP) is 1.73. The number of amides is 1. The number of hydrogen-bond acceptors (Lipinski definition) is 2. The Labute approximate surface area is 92.2 Å². The Balaban J connectivity index is 2.02. The molecule has 1 heterocycles. The van der Waals surface area contributed by atoms with Crippen molar-refractivity contribution < 1.29 is 4.79 Å². The zero-order chi connectivity index (χ0) is 11.1. The van der Waals surface area contributed by atoms with Gasteiger partial charge in [-0.3, -0.25) is 10.1 Å². The Hall–Kier alpha value is -0.570. The first-order chi connectivity index (χ1) is 7.08. The van der Waals surface area contributed by atoms with Crippen molar-refractivity contribution in [2.75, 3.05) is 6.67 Å². The molecule has 0 bridgehead atoms. The summed E-state index contributed by atoms with van der Waals surface area (Å²) >= 11 is 0. The van der Waals surface area contributed by atoms with Crippen LogP contribution in [0.5, 0.6) is 0 Å². The van der Waals surface area contributed by atoms with Crippen LogP contribution in [-0.4, -0.2) is 29.1 Å². The van der Waals surface area contributed by atoms with Crippen LogP contribution in [0.2, 0.25) is 0 Å². The van der Waals surface area contributed by atoms with E-state index >= 15 is 0 Å². The van der Waals surface area contributed by atoms with Gasteiger partial charge >= 0.3 is 0 Å². The van der Waals surface area contributed by atoms with E-state index in [-0.39, 0.29) is 5.54 Å². The number of hydrogen-bond donors (Lipinski definition) is 1. The maximum Gasteiger partial charge on any atom is 0.243 e. The van der Waals surface area contributed by atoms with E-state index in [4.69, 9.17) is 0 Å². The van der Waals surface area contributed by atoms with Gasteiger partial charge < -0.3 is 4.90 Å². The molecule has 0 aromatic heterocycles. The zero-order valence-electron chi connectivity index (χ0n) is 10.0. The molecule has 1 amide bonds. The van der Waals surface area contributed by atoms with Gasteiger partial charge in [0.2, 0.25) is 5.91 Å². The number of carbonyl (C=O) groups is 1. The molecule has 3 nitrogen and oxygen atoms in total. The highest BCUT2D eigenvalue weighted by Gasteiger charge is 2.44. The topological polar surface area (TPSA) is 32.3 Å². The van der Waals surface area contributed by atoms with Gasteiger partial charge in [0.15, 0.2) is 0 Å². The number of rotatable bonds is 3. The minimum Gasteiger partial charge on any atom is -0.325 e. The Morgan fingerprint density at radius 1 is 1.60 bits per heavy atom. The molecular weight excluding hydrogens is 188 g/mol. The van der Waals surface area contributed by atoms with Crippen molar-refractivity contribution in [3.8, 4) is 0 Å². The van der Waals surface area contributed by atoms with Crippen molar-refractivity contribution in [3.63, 3.8) is 0 Å². The summed E-state index contributed by atoms with van der Waals surface area (Å²) in [7, 11) is 0. The molecule has 2 unspecified atom stereocenters. The predicted molar refractivity (Wildman–Crippen MR) is 60.3 cm³/mol. The van der Waals surface area contributed by atoms with Crippen LogP contribution >= 0.6 is 0 Å². The molecule has 15 heavy (non-hydrogen) atoms. The minimum atomic E-state index is -0.308. The van der Waals surface area contributed by atoms with Gasteiger partial charge in [-0.05, 0) is 39.0 Å². The van der Waals surface area contributed by atoms with Crippen LogP contribution in [0.4, 0.5) is 0 Å². The number of nitrogens with zero attached hydrogens (tertiary/aromatic N) is 1. The third-order valence-corrected chi connectivity index (χ3v) is 4.40. The summed E-state index contributed by atoms with van der Waals surface area (Å²) < 4.78 is 0. The van der Waals surface area contributed by atoms with Crippen LogP contribution in [0.1, 0.15) is 46.5 Å². The van der Waals surface area contributed by atoms with Crippen LogP contribution in [0, 0.1) is 5.92 Å². The van der Waals surface area contributed by atoms with Gasteiger partial charge in [-0.1, -0.05) is 13.3 Å². The SMILES string of the molecule is CCC1(C)NCN(C(C)C2CCC2)C1=O. The van der Waals surface area contributed by atoms with Gasteiger partial charge in [0, 0.05) is 6.04 Å². The molecule has 1 N–H and O–H groups in total. The van der Waals surface area contributed by atoms with Crippen molar-refractivity contribution in [2.45, 2.75) is 58.0 Å². The molecule has 86 valence electrons. The van der Waals surface area contributed by atoms with Crippen molar-refractivity contribution in [2.24, 2.45) is 5.92 Å². The van der Waals surface area contributed by atoms with Gasteiger partial charge in [0.1, 0.15) is 0 Å². The average molecular weight is 210 g/mol. The van der Waals surface area contributed by atoms with E-state index in [1.807, 2.05) is 11.8 Å². The fraction of sp³-hybridized carbons (Fsp3) is 0.917. The first-order valence-corrected chi connectivity index (χ1v) is 6.14. The monoisotopic (exact) mass is 210 g/mol. The maximum absolute atomic E-state index is 12.2. The lowest BCUT2D eigenvalue weighted by Crippen LogP contribution is -2.46. The largest absolute Gasteiger partial charge is 0.325 e. The molecule has 0 aromatic rings. The standard InChI is InChI=1S/C12H22N2O/c1-4-12(3)11(15)14(8-13-12)9(2)10-6-5-7-10/h9-10,13H,4-8H2,1-3H3. The van der Waals surface area contributed by atoms with Crippen LogP contribution in [0.25, 0.3) is 0 Å². The van der Waals surface area contributed by atoms with E-state index in [0.29, 0.717) is 11.9 Å². The van der Waals surface area contributed by atoms with Gasteiger partial charge in [0.25, 0.3) is 0 Å². The molecule has 3 heteroatoms. The van der Waals surface area contributed by atoms with E-state index in [1.165, 1.54) is 19.3 Å². The minimum absolute atomic E-state index is 0.296. The Kier molecular flexibility index (Phi) is 2.75. The summed E-state index contributed by atoms with van der Waals surface area (Å²) in [4.78, 5) is 14.2. The third-order valence-electron chi connectivity index (χ3n) is 4.40. The van der Waals surface area contributed by atoms with E-state index in [2.05, 4.69) is 19.2 Å².